The lowest BCUT2D eigenvalue weighted by Gasteiger charge is -2.32. The summed E-state index contributed by atoms with van der Waals surface area (Å²) in [6.45, 7) is 0. The van der Waals surface area contributed by atoms with Gasteiger partial charge in [0.15, 0.2) is 0 Å². The predicted octanol–water partition coefficient (Wildman–Crippen LogP) is 11.3. The van der Waals surface area contributed by atoms with Gasteiger partial charge in [-0.05, 0) is 68.8 Å². The number of furan rings is 1. The molecular formula is C43H27NO. The fourth-order valence-electron chi connectivity index (χ4n) is 8.12. The van der Waals surface area contributed by atoms with Crippen LogP contribution in [-0.4, -0.2) is 0 Å². The summed E-state index contributed by atoms with van der Waals surface area (Å²) in [6.07, 6.45) is 0. The fraction of sp³-hybridized carbons (Fsp3) is 0.0233. The van der Waals surface area contributed by atoms with Crippen molar-refractivity contribution in [3.8, 4) is 33.4 Å². The van der Waals surface area contributed by atoms with Crippen LogP contribution in [0.5, 0.6) is 0 Å². The Morgan fingerprint density at radius 1 is 0.422 bits per heavy atom. The van der Waals surface area contributed by atoms with Gasteiger partial charge in [-0.25, -0.2) is 0 Å². The molecule has 1 spiro atoms. The monoisotopic (exact) mass is 573 g/mol. The first kappa shape index (κ1) is 24.6. The highest BCUT2D eigenvalue weighted by Gasteiger charge is 2.52. The van der Waals surface area contributed by atoms with E-state index in [4.69, 9.17) is 4.42 Å². The van der Waals surface area contributed by atoms with Crippen LogP contribution in [0.25, 0.3) is 55.3 Å². The van der Waals surface area contributed by atoms with E-state index in [-0.39, 0.29) is 5.41 Å². The molecule has 2 heteroatoms. The first-order valence-corrected chi connectivity index (χ1v) is 15.5. The minimum Gasteiger partial charge on any atom is -0.455 e. The Labute approximate surface area is 261 Å². The summed E-state index contributed by atoms with van der Waals surface area (Å²) in [6, 6.07) is 57.0. The summed E-state index contributed by atoms with van der Waals surface area (Å²) in [7, 11) is 0. The molecule has 2 aliphatic carbocycles. The van der Waals surface area contributed by atoms with E-state index >= 15 is 0 Å². The molecule has 0 saturated heterocycles. The van der Waals surface area contributed by atoms with Crippen LogP contribution in [0.4, 0.5) is 11.4 Å². The fourth-order valence-corrected chi connectivity index (χ4v) is 8.12. The zero-order valence-corrected chi connectivity index (χ0v) is 24.4. The van der Waals surface area contributed by atoms with E-state index in [1.807, 2.05) is 12.1 Å². The van der Waals surface area contributed by atoms with E-state index in [2.05, 4.69) is 151 Å². The maximum absolute atomic E-state index is 6.34. The Bertz CT molecular complexity index is 2400. The second-order valence-electron chi connectivity index (χ2n) is 12.1. The minimum absolute atomic E-state index is 0.389. The molecule has 0 unspecified atom stereocenters. The van der Waals surface area contributed by atoms with E-state index in [0.29, 0.717) is 0 Å². The van der Waals surface area contributed by atoms with Gasteiger partial charge in [0.1, 0.15) is 11.2 Å². The molecular weight excluding hydrogens is 546 g/mol. The van der Waals surface area contributed by atoms with Gasteiger partial charge < -0.3 is 9.73 Å². The van der Waals surface area contributed by atoms with Crippen LogP contribution in [0.15, 0.2) is 162 Å². The quantitative estimate of drug-likeness (QED) is 0.227. The van der Waals surface area contributed by atoms with Crippen molar-refractivity contribution in [1.82, 2.24) is 0 Å². The second kappa shape index (κ2) is 9.07. The van der Waals surface area contributed by atoms with E-state index < -0.39 is 0 Å². The lowest BCUT2D eigenvalue weighted by Crippen LogP contribution is -2.26. The lowest BCUT2D eigenvalue weighted by atomic mass is 9.70. The normalized spacial score (nSPS) is 13.5. The van der Waals surface area contributed by atoms with Crippen molar-refractivity contribution in [1.29, 1.82) is 0 Å². The molecule has 0 atom stereocenters. The zero-order chi connectivity index (χ0) is 29.5. The van der Waals surface area contributed by atoms with Gasteiger partial charge in [0, 0.05) is 33.3 Å². The molecule has 210 valence electrons. The van der Waals surface area contributed by atoms with Crippen LogP contribution in [-0.2, 0) is 5.41 Å². The third-order valence-electron chi connectivity index (χ3n) is 9.89. The Hall–Kier alpha value is -5.86. The van der Waals surface area contributed by atoms with Gasteiger partial charge in [-0.2, -0.15) is 0 Å². The van der Waals surface area contributed by atoms with Crippen molar-refractivity contribution in [3.05, 3.63) is 180 Å². The topological polar surface area (TPSA) is 25.2 Å². The highest BCUT2D eigenvalue weighted by Crippen LogP contribution is 2.64. The Kier molecular flexibility index (Phi) is 4.95. The van der Waals surface area contributed by atoms with Crippen LogP contribution in [0.2, 0.25) is 0 Å². The maximum atomic E-state index is 6.34. The van der Waals surface area contributed by atoms with Crippen molar-refractivity contribution < 1.29 is 4.42 Å². The largest absolute Gasteiger partial charge is 0.455 e. The number of para-hydroxylation sites is 2. The Morgan fingerprint density at radius 2 is 0.956 bits per heavy atom. The SMILES string of the molecule is c1ccc2c(c1)-c1ccccc1C21c2ccccc2-c2cccc(Nc3ccc(-c4cccc5c4oc4ccccc45)cc3)c21. The van der Waals surface area contributed by atoms with Crippen LogP contribution in [0.3, 0.4) is 0 Å². The highest BCUT2D eigenvalue weighted by molar-refractivity contribution is 6.09. The minimum atomic E-state index is -0.389. The molecule has 8 aromatic rings. The molecule has 0 radical (unpaired) electrons. The van der Waals surface area contributed by atoms with E-state index in [0.717, 1.165) is 44.4 Å². The third-order valence-corrected chi connectivity index (χ3v) is 9.89. The molecule has 0 fully saturated rings. The molecule has 1 aromatic heterocycles. The summed E-state index contributed by atoms with van der Waals surface area (Å²) in [4.78, 5) is 0. The van der Waals surface area contributed by atoms with Crippen LogP contribution in [0, 0.1) is 0 Å². The van der Waals surface area contributed by atoms with Gasteiger partial charge in [-0.1, -0.05) is 133 Å². The second-order valence-corrected chi connectivity index (χ2v) is 12.1. The first-order chi connectivity index (χ1) is 22.3. The molecule has 0 bridgehead atoms. The molecule has 1 N–H and O–H groups in total. The third kappa shape index (κ3) is 3.23. The first-order valence-electron chi connectivity index (χ1n) is 15.5. The van der Waals surface area contributed by atoms with Crippen molar-refractivity contribution in [3.63, 3.8) is 0 Å². The van der Waals surface area contributed by atoms with Gasteiger partial charge in [0.25, 0.3) is 0 Å². The summed E-state index contributed by atoms with van der Waals surface area (Å²) in [5.41, 5.74) is 16.4. The number of hydrogen-bond acceptors (Lipinski definition) is 2. The van der Waals surface area contributed by atoms with Crippen molar-refractivity contribution in [2.75, 3.05) is 5.32 Å². The highest BCUT2D eigenvalue weighted by atomic mass is 16.3. The van der Waals surface area contributed by atoms with E-state index in [1.54, 1.807) is 0 Å². The number of rotatable bonds is 3. The molecule has 10 rings (SSSR count). The van der Waals surface area contributed by atoms with Gasteiger partial charge >= 0.3 is 0 Å². The van der Waals surface area contributed by atoms with Crippen molar-refractivity contribution in [2.45, 2.75) is 5.41 Å². The smallest absolute Gasteiger partial charge is 0.143 e. The number of benzene rings is 7. The lowest BCUT2D eigenvalue weighted by molar-refractivity contribution is 0.670. The van der Waals surface area contributed by atoms with Gasteiger partial charge in [-0.3, -0.25) is 0 Å². The molecule has 0 amide bonds. The van der Waals surface area contributed by atoms with Crippen molar-refractivity contribution >= 4 is 33.3 Å². The van der Waals surface area contributed by atoms with E-state index in [9.17, 15) is 0 Å². The number of anilines is 2. The summed E-state index contributed by atoms with van der Waals surface area (Å²) in [5, 5.41) is 6.16. The van der Waals surface area contributed by atoms with E-state index in [1.165, 1.54) is 44.5 Å². The molecule has 0 aliphatic heterocycles. The predicted molar refractivity (Wildman–Crippen MR) is 185 cm³/mol. The summed E-state index contributed by atoms with van der Waals surface area (Å²) >= 11 is 0. The number of fused-ring (bicyclic) bond motifs is 13. The Balaban J connectivity index is 1.12. The Morgan fingerprint density at radius 3 is 1.67 bits per heavy atom. The standard InChI is InChI=1S/C43H27NO/c1-5-18-36-30(11-1)31-12-2-6-19-37(31)43(36)38-20-7-3-13-32(38)34-16-10-21-39(41(34)43)44-28-25-23-27(24-26-28)29-15-9-17-35-33-14-4-8-22-40(33)45-42(29)35/h1-26,44H. The molecule has 2 nitrogen and oxygen atoms in total. The van der Waals surface area contributed by atoms with Gasteiger partial charge in [0.05, 0.1) is 5.41 Å². The van der Waals surface area contributed by atoms with Gasteiger partial charge in [-0.15, -0.1) is 0 Å². The zero-order valence-electron chi connectivity index (χ0n) is 24.4. The van der Waals surface area contributed by atoms with Crippen LogP contribution >= 0.6 is 0 Å². The summed E-state index contributed by atoms with van der Waals surface area (Å²) in [5.74, 6) is 0. The average molecular weight is 574 g/mol. The molecule has 45 heavy (non-hydrogen) atoms. The number of nitrogens with one attached hydrogen (secondary N) is 1. The number of hydrogen-bond donors (Lipinski definition) is 1. The van der Waals surface area contributed by atoms with Crippen LogP contribution in [0.1, 0.15) is 22.3 Å². The molecule has 1 heterocycles. The molecule has 2 aliphatic rings. The molecule has 0 saturated carbocycles. The van der Waals surface area contributed by atoms with Gasteiger partial charge in [0.2, 0.25) is 0 Å². The van der Waals surface area contributed by atoms with Crippen molar-refractivity contribution in [2.24, 2.45) is 0 Å². The maximum Gasteiger partial charge on any atom is 0.143 e. The average Bonchev–Trinajstić information content (AvgIpc) is 3.73. The van der Waals surface area contributed by atoms with Crippen LogP contribution < -0.4 is 5.32 Å². The molecule has 7 aromatic carbocycles. The summed E-state index contributed by atoms with van der Waals surface area (Å²) < 4.78 is 6.34.